The van der Waals surface area contributed by atoms with Gasteiger partial charge in [-0.25, -0.2) is 0 Å². The molecule has 0 bridgehead atoms. The van der Waals surface area contributed by atoms with Crippen molar-refractivity contribution < 1.29 is 12.9 Å². The summed E-state index contributed by atoms with van der Waals surface area (Å²) in [6.45, 7) is 3.70. The van der Waals surface area contributed by atoms with Crippen LogP contribution in [0.1, 0.15) is 13.8 Å². The number of hydrogen-bond donors (Lipinski definition) is 1. The fourth-order valence-corrected chi connectivity index (χ4v) is 1.36. The average molecular weight is 154 g/mol. The summed E-state index contributed by atoms with van der Waals surface area (Å²) in [5, 5.41) is 0.0208. The van der Waals surface area contributed by atoms with E-state index in [4.69, 9.17) is 8.37 Å². The van der Waals surface area contributed by atoms with E-state index in [1.54, 1.807) is 0 Å². The highest BCUT2D eigenvalue weighted by molar-refractivity contribution is 8.21. The molecular formula is C5H14O3S. The van der Waals surface area contributed by atoms with Crippen LogP contribution in [-0.2, 0) is 8.37 Å². The van der Waals surface area contributed by atoms with E-state index in [-0.39, 0.29) is 5.25 Å². The van der Waals surface area contributed by atoms with Crippen molar-refractivity contribution in [2.45, 2.75) is 19.1 Å². The Balaban J connectivity index is 3.92. The summed E-state index contributed by atoms with van der Waals surface area (Å²) in [5.41, 5.74) is 0. The van der Waals surface area contributed by atoms with E-state index >= 15 is 0 Å². The van der Waals surface area contributed by atoms with Gasteiger partial charge in [-0.15, -0.1) is 0 Å². The Bertz CT molecular complexity index is 80.3. The zero-order chi connectivity index (χ0) is 7.49. The normalized spacial score (nSPS) is 14.4. The average Bonchev–Trinajstić information content (AvgIpc) is 1.86. The Labute approximate surface area is 57.9 Å². The molecule has 0 heterocycles. The third-order valence-electron chi connectivity index (χ3n) is 1.07. The van der Waals surface area contributed by atoms with E-state index in [2.05, 4.69) is 0 Å². The van der Waals surface area contributed by atoms with Crippen LogP contribution in [0.25, 0.3) is 0 Å². The van der Waals surface area contributed by atoms with Gasteiger partial charge < -0.3 is 4.55 Å². The molecule has 9 heavy (non-hydrogen) atoms. The second kappa shape index (κ2) is 3.41. The minimum Gasteiger partial charge on any atom is -0.308 e. The van der Waals surface area contributed by atoms with Crippen LogP contribution in [0.5, 0.6) is 0 Å². The van der Waals surface area contributed by atoms with Gasteiger partial charge in [0, 0.05) is 0 Å². The quantitative estimate of drug-likeness (QED) is 0.673. The summed E-state index contributed by atoms with van der Waals surface area (Å²) in [7, 11) is 0.655. The molecule has 0 radical (unpaired) electrons. The molecule has 0 amide bonds. The summed E-state index contributed by atoms with van der Waals surface area (Å²) in [6.07, 6.45) is 0. The van der Waals surface area contributed by atoms with Crippen molar-refractivity contribution in [3.63, 3.8) is 0 Å². The first-order chi connectivity index (χ1) is 4.06. The van der Waals surface area contributed by atoms with Gasteiger partial charge in [0.2, 0.25) is 0 Å². The third kappa shape index (κ3) is 2.14. The SMILES string of the molecule is COS(O)(OC)C(C)C. The molecule has 0 aliphatic heterocycles. The molecule has 3 nitrogen and oxygen atoms in total. The van der Waals surface area contributed by atoms with Crippen LogP contribution in [0.15, 0.2) is 0 Å². The maximum absolute atomic E-state index is 9.34. The standard InChI is InChI=1S/C5H14O3S/c1-5(2)9(6,7-3)8-4/h5-6H,1-4H3. The molecular weight excluding hydrogens is 140 g/mol. The third-order valence-corrected chi connectivity index (χ3v) is 3.22. The summed E-state index contributed by atoms with van der Waals surface area (Å²) >= 11 is 0. The van der Waals surface area contributed by atoms with Crippen molar-refractivity contribution in [1.82, 2.24) is 0 Å². The van der Waals surface area contributed by atoms with Crippen molar-refractivity contribution >= 4 is 10.9 Å². The van der Waals surface area contributed by atoms with E-state index in [0.29, 0.717) is 0 Å². The van der Waals surface area contributed by atoms with Crippen LogP contribution in [-0.4, -0.2) is 24.0 Å². The molecule has 0 rings (SSSR count). The molecule has 0 aromatic rings. The maximum atomic E-state index is 9.34. The first-order valence-electron chi connectivity index (χ1n) is 2.72. The molecule has 58 valence electrons. The predicted octanol–water partition coefficient (Wildman–Crippen LogP) is 1.80. The van der Waals surface area contributed by atoms with Gasteiger partial charge in [-0.1, -0.05) is 0 Å². The highest BCUT2D eigenvalue weighted by Crippen LogP contribution is 2.48. The Kier molecular flexibility index (Phi) is 3.50. The largest absolute Gasteiger partial charge is 0.308 e. The Morgan fingerprint density at radius 2 is 1.56 bits per heavy atom. The van der Waals surface area contributed by atoms with Crippen LogP contribution >= 0.6 is 10.9 Å². The molecule has 0 atom stereocenters. The smallest absolute Gasteiger partial charge is 0.0881 e. The summed E-state index contributed by atoms with van der Waals surface area (Å²) in [6, 6.07) is 0. The van der Waals surface area contributed by atoms with Gasteiger partial charge in [0.1, 0.15) is 0 Å². The van der Waals surface area contributed by atoms with Crippen molar-refractivity contribution in [3.05, 3.63) is 0 Å². The van der Waals surface area contributed by atoms with Crippen molar-refractivity contribution in [2.24, 2.45) is 0 Å². The van der Waals surface area contributed by atoms with Gasteiger partial charge in [0.05, 0.1) is 30.3 Å². The van der Waals surface area contributed by atoms with Crippen LogP contribution in [0.3, 0.4) is 0 Å². The summed E-state index contributed by atoms with van der Waals surface area (Å²) < 4.78 is 18.9. The van der Waals surface area contributed by atoms with Crippen molar-refractivity contribution in [2.75, 3.05) is 14.2 Å². The van der Waals surface area contributed by atoms with Gasteiger partial charge in [-0.05, 0) is 13.8 Å². The lowest BCUT2D eigenvalue weighted by Crippen LogP contribution is -2.13. The highest BCUT2D eigenvalue weighted by atomic mass is 32.3. The van der Waals surface area contributed by atoms with Crippen LogP contribution < -0.4 is 0 Å². The second-order valence-electron chi connectivity index (χ2n) is 1.90. The summed E-state index contributed by atoms with van der Waals surface area (Å²) in [4.78, 5) is 0. The Morgan fingerprint density at radius 3 is 1.56 bits per heavy atom. The van der Waals surface area contributed by atoms with Gasteiger partial charge in [0.25, 0.3) is 0 Å². The molecule has 0 saturated heterocycles. The predicted molar refractivity (Wildman–Crippen MR) is 39.4 cm³/mol. The van der Waals surface area contributed by atoms with E-state index in [9.17, 15) is 4.55 Å². The van der Waals surface area contributed by atoms with E-state index in [1.807, 2.05) is 13.8 Å². The molecule has 4 heteroatoms. The molecule has 0 spiro atoms. The lowest BCUT2D eigenvalue weighted by atomic mass is 10.6. The molecule has 0 aliphatic carbocycles. The van der Waals surface area contributed by atoms with Crippen molar-refractivity contribution in [1.29, 1.82) is 0 Å². The van der Waals surface area contributed by atoms with Gasteiger partial charge in [-0.3, -0.25) is 8.37 Å². The molecule has 0 aliphatic rings. The lowest BCUT2D eigenvalue weighted by molar-refractivity contribution is 0.272. The minimum atomic E-state index is -2.23. The van der Waals surface area contributed by atoms with Crippen LogP contribution in [0.2, 0.25) is 0 Å². The second-order valence-corrected chi connectivity index (χ2v) is 4.54. The zero-order valence-electron chi connectivity index (χ0n) is 6.25. The monoisotopic (exact) mass is 154 g/mol. The number of rotatable bonds is 3. The summed E-state index contributed by atoms with van der Waals surface area (Å²) in [5.74, 6) is 0. The van der Waals surface area contributed by atoms with E-state index in [0.717, 1.165) is 0 Å². The zero-order valence-corrected chi connectivity index (χ0v) is 7.07. The minimum absolute atomic E-state index is 0.0208. The van der Waals surface area contributed by atoms with E-state index in [1.165, 1.54) is 14.2 Å². The van der Waals surface area contributed by atoms with Crippen LogP contribution in [0.4, 0.5) is 0 Å². The fraction of sp³-hybridized carbons (Fsp3) is 1.00. The molecule has 0 unspecified atom stereocenters. The molecule has 0 fully saturated rings. The van der Waals surface area contributed by atoms with Gasteiger partial charge in [-0.2, -0.15) is 0 Å². The number of hydrogen-bond acceptors (Lipinski definition) is 3. The van der Waals surface area contributed by atoms with E-state index < -0.39 is 10.9 Å². The maximum Gasteiger partial charge on any atom is 0.0881 e. The Morgan fingerprint density at radius 1 is 1.22 bits per heavy atom. The highest BCUT2D eigenvalue weighted by Gasteiger charge is 2.23. The molecule has 0 aromatic carbocycles. The lowest BCUT2D eigenvalue weighted by Gasteiger charge is -2.32. The molecule has 1 N–H and O–H groups in total. The molecule has 0 aromatic heterocycles. The first-order valence-corrected chi connectivity index (χ1v) is 4.23. The van der Waals surface area contributed by atoms with Gasteiger partial charge in [0.15, 0.2) is 0 Å². The topological polar surface area (TPSA) is 38.7 Å². The fourth-order valence-electron chi connectivity index (χ4n) is 0.453. The molecule has 0 saturated carbocycles. The van der Waals surface area contributed by atoms with Gasteiger partial charge >= 0.3 is 0 Å². The van der Waals surface area contributed by atoms with Crippen molar-refractivity contribution in [3.8, 4) is 0 Å². The first kappa shape index (κ1) is 9.23. The Hall–Kier alpha value is 0.230. The van der Waals surface area contributed by atoms with Crippen LogP contribution in [0, 0.1) is 0 Å².